The van der Waals surface area contributed by atoms with Gasteiger partial charge < -0.3 is 9.84 Å². The van der Waals surface area contributed by atoms with Crippen LogP contribution in [-0.4, -0.2) is 33.4 Å². The summed E-state index contributed by atoms with van der Waals surface area (Å²) in [5.41, 5.74) is -0.207. The number of amides is 1. The number of carbonyl (C=O) groups excluding carboxylic acids is 2. The fraction of sp³-hybridized carbons (Fsp3) is 0.250. The molecule has 0 aromatic heterocycles. The molecule has 1 aliphatic rings. The topological polar surface area (TPSA) is 83.9 Å². The van der Waals surface area contributed by atoms with Crippen LogP contribution in [0, 0.1) is 0 Å². The van der Waals surface area contributed by atoms with Gasteiger partial charge in [0.25, 0.3) is 0 Å². The summed E-state index contributed by atoms with van der Waals surface area (Å²) < 4.78 is 5.51. The average molecular weight is 353 g/mol. The summed E-state index contributed by atoms with van der Waals surface area (Å²) in [6.07, 6.45) is -1.39. The number of ether oxygens (including phenoxy) is 1. The van der Waals surface area contributed by atoms with Gasteiger partial charge in [-0.1, -0.05) is 60.7 Å². The molecule has 0 bridgehead atoms. The van der Waals surface area contributed by atoms with Crippen molar-refractivity contribution in [3.05, 3.63) is 71.8 Å². The molecule has 0 unspecified atom stereocenters. The first-order chi connectivity index (χ1) is 12.4. The smallest absolute Gasteiger partial charge is 0.335 e. The Kier molecular flexibility index (Phi) is 4.75. The quantitative estimate of drug-likeness (QED) is 0.835. The molecule has 3 rings (SSSR count). The number of carboxylic acid groups (broad SMARTS) is 1. The van der Waals surface area contributed by atoms with Crippen LogP contribution in [0.5, 0.6) is 0 Å². The second-order valence-corrected chi connectivity index (χ2v) is 6.32. The first kappa shape index (κ1) is 17.7. The molecule has 1 saturated heterocycles. The van der Waals surface area contributed by atoms with E-state index >= 15 is 0 Å². The van der Waals surface area contributed by atoms with Crippen molar-refractivity contribution in [3.63, 3.8) is 0 Å². The molecule has 0 radical (unpaired) electrons. The molecule has 2 aromatic rings. The zero-order chi connectivity index (χ0) is 18.7. The van der Waals surface area contributed by atoms with Crippen molar-refractivity contribution < 1.29 is 24.2 Å². The maximum Gasteiger partial charge on any atom is 0.335 e. The Hall–Kier alpha value is -3.15. The summed E-state index contributed by atoms with van der Waals surface area (Å²) >= 11 is 0. The van der Waals surface area contributed by atoms with Crippen LogP contribution in [0.4, 0.5) is 0 Å². The SMILES string of the molecule is CC(=O)N1[C@H](c2ccccc2)OC(=O)[C@]1(CC(=O)O)Cc1ccccc1. The van der Waals surface area contributed by atoms with E-state index in [-0.39, 0.29) is 6.42 Å². The van der Waals surface area contributed by atoms with Gasteiger partial charge in [-0.3, -0.25) is 14.5 Å². The minimum atomic E-state index is -1.58. The van der Waals surface area contributed by atoms with Gasteiger partial charge in [0.15, 0.2) is 5.54 Å². The summed E-state index contributed by atoms with van der Waals surface area (Å²) in [6, 6.07) is 17.9. The predicted octanol–water partition coefficient (Wildman–Crippen LogP) is 2.55. The number of esters is 1. The molecule has 1 amide bonds. The number of aliphatic carboxylic acids is 1. The Morgan fingerprint density at radius 3 is 2.19 bits per heavy atom. The molecule has 1 N–H and O–H groups in total. The monoisotopic (exact) mass is 353 g/mol. The summed E-state index contributed by atoms with van der Waals surface area (Å²) in [4.78, 5) is 38.2. The van der Waals surface area contributed by atoms with E-state index in [1.54, 1.807) is 48.5 Å². The molecule has 0 saturated carbocycles. The Labute approximate surface area is 151 Å². The van der Waals surface area contributed by atoms with Crippen molar-refractivity contribution in [2.24, 2.45) is 0 Å². The maximum atomic E-state index is 12.9. The van der Waals surface area contributed by atoms with Gasteiger partial charge in [0, 0.05) is 18.9 Å². The molecule has 134 valence electrons. The fourth-order valence-corrected chi connectivity index (χ4v) is 3.45. The van der Waals surface area contributed by atoms with E-state index in [0.717, 1.165) is 5.56 Å². The van der Waals surface area contributed by atoms with E-state index < -0.39 is 36.0 Å². The summed E-state index contributed by atoms with van der Waals surface area (Å²) in [7, 11) is 0. The second kappa shape index (κ2) is 7.00. The Morgan fingerprint density at radius 2 is 1.65 bits per heavy atom. The van der Waals surface area contributed by atoms with Crippen molar-refractivity contribution in [2.75, 3.05) is 0 Å². The van der Waals surface area contributed by atoms with Crippen molar-refractivity contribution in [1.82, 2.24) is 4.90 Å². The molecule has 0 spiro atoms. The third kappa shape index (κ3) is 3.18. The lowest BCUT2D eigenvalue weighted by Crippen LogP contribution is -2.54. The van der Waals surface area contributed by atoms with Crippen molar-refractivity contribution >= 4 is 17.8 Å². The van der Waals surface area contributed by atoms with E-state index in [9.17, 15) is 19.5 Å². The molecule has 6 nitrogen and oxygen atoms in total. The van der Waals surface area contributed by atoms with Gasteiger partial charge in [0.1, 0.15) is 0 Å². The first-order valence-corrected chi connectivity index (χ1v) is 8.26. The van der Waals surface area contributed by atoms with E-state index in [0.29, 0.717) is 5.56 Å². The highest BCUT2D eigenvalue weighted by atomic mass is 16.6. The van der Waals surface area contributed by atoms with Gasteiger partial charge in [-0.25, -0.2) is 4.79 Å². The standard InChI is InChI=1S/C20H19NO5/c1-14(22)21-18(16-10-6-3-7-11-16)26-19(25)20(21,13-17(23)24)12-15-8-4-2-5-9-15/h2-11,18H,12-13H2,1H3,(H,23,24)/t18-,20+/m0/s1. The number of carboxylic acids is 1. The number of carbonyl (C=O) groups is 3. The van der Waals surface area contributed by atoms with E-state index in [2.05, 4.69) is 0 Å². The van der Waals surface area contributed by atoms with E-state index in [4.69, 9.17) is 4.74 Å². The van der Waals surface area contributed by atoms with Crippen LogP contribution >= 0.6 is 0 Å². The van der Waals surface area contributed by atoms with Crippen LogP contribution < -0.4 is 0 Å². The molecule has 2 atom stereocenters. The lowest BCUT2D eigenvalue weighted by atomic mass is 9.86. The summed E-state index contributed by atoms with van der Waals surface area (Å²) in [6.45, 7) is 1.32. The number of rotatable bonds is 5. The van der Waals surface area contributed by atoms with Crippen LogP contribution in [0.2, 0.25) is 0 Å². The van der Waals surface area contributed by atoms with Crippen molar-refractivity contribution in [2.45, 2.75) is 31.5 Å². The lowest BCUT2D eigenvalue weighted by molar-refractivity contribution is -0.151. The molecule has 2 aromatic carbocycles. The van der Waals surface area contributed by atoms with E-state index in [1.807, 2.05) is 12.1 Å². The van der Waals surface area contributed by atoms with Crippen LogP contribution in [0.1, 0.15) is 30.7 Å². The molecular weight excluding hydrogens is 334 g/mol. The highest BCUT2D eigenvalue weighted by Gasteiger charge is 2.58. The third-order valence-electron chi connectivity index (χ3n) is 4.50. The highest BCUT2D eigenvalue weighted by Crippen LogP contribution is 2.42. The van der Waals surface area contributed by atoms with E-state index in [1.165, 1.54) is 11.8 Å². The molecule has 1 heterocycles. The third-order valence-corrected chi connectivity index (χ3v) is 4.50. The normalized spacial score (nSPS) is 22.1. The molecule has 1 fully saturated rings. The number of hydrogen-bond donors (Lipinski definition) is 1. The molecule has 26 heavy (non-hydrogen) atoms. The summed E-state index contributed by atoms with van der Waals surface area (Å²) in [5.74, 6) is -2.28. The van der Waals surface area contributed by atoms with Crippen LogP contribution in [-0.2, 0) is 25.5 Å². The molecular formula is C20H19NO5. The summed E-state index contributed by atoms with van der Waals surface area (Å²) in [5, 5.41) is 9.45. The maximum absolute atomic E-state index is 12.9. The Balaban J connectivity index is 2.09. The minimum absolute atomic E-state index is 0.0713. The van der Waals surface area contributed by atoms with Gasteiger partial charge in [0.2, 0.25) is 12.1 Å². The molecule has 0 aliphatic carbocycles. The predicted molar refractivity (Wildman–Crippen MR) is 92.9 cm³/mol. The minimum Gasteiger partial charge on any atom is -0.481 e. The zero-order valence-corrected chi connectivity index (χ0v) is 14.3. The lowest BCUT2D eigenvalue weighted by Gasteiger charge is -2.35. The van der Waals surface area contributed by atoms with Crippen molar-refractivity contribution in [3.8, 4) is 0 Å². The van der Waals surface area contributed by atoms with Gasteiger partial charge in [-0.15, -0.1) is 0 Å². The first-order valence-electron chi connectivity index (χ1n) is 8.26. The average Bonchev–Trinajstić information content (AvgIpc) is 2.88. The van der Waals surface area contributed by atoms with Crippen LogP contribution in [0.25, 0.3) is 0 Å². The number of nitrogens with zero attached hydrogens (tertiary/aromatic N) is 1. The Morgan fingerprint density at radius 1 is 1.08 bits per heavy atom. The molecule has 6 heteroatoms. The second-order valence-electron chi connectivity index (χ2n) is 6.32. The van der Waals surface area contributed by atoms with Gasteiger partial charge >= 0.3 is 11.9 Å². The highest BCUT2D eigenvalue weighted by molar-refractivity contribution is 5.94. The number of benzene rings is 2. The van der Waals surface area contributed by atoms with Gasteiger partial charge in [-0.05, 0) is 5.56 Å². The van der Waals surface area contributed by atoms with Crippen LogP contribution in [0.3, 0.4) is 0 Å². The number of cyclic esters (lactones) is 1. The van der Waals surface area contributed by atoms with Gasteiger partial charge in [-0.2, -0.15) is 0 Å². The van der Waals surface area contributed by atoms with Crippen LogP contribution in [0.15, 0.2) is 60.7 Å². The number of hydrogen-bond acceptors (Lipinski definition) is 4. The van der Waals surface area contributed by atoms with Crippen molar-refractivity contribution in [1.29, 1.82) is 0 Å². The molecule has 1 aliphatic heterocycles. The fourth-order valence-electron chi connectivity index (χ4n) is 3.45. The largest absolute Gasteiger partial charge is 0.481 e. The van der Waals surface area contributed by atoms with Gasteiger partial charge in [0.05, 0.1) is 6.42 Å². The zero-order valence-electron chi connectivity index (χ0n) is 14.3. The Bertz CT molecular complexity index is 821.